The average molecular weight is 399 g/mol. The lowest BCUT2D eigenvalue weighted by atomic mass is 10.3. The Morgan fingerprint density at radius 3 is 2.32 bits per heavy atom. The molecular weight excluding hydrogens is 378 g/mol. The van der Waals surface area contributed by atoms with E-state index in [1.54, 1.807) is 23.5 Å². The van der Waals surface area contributed by atoms with Gasteiger partial charge in [0.25, 0.3) is 5.91 Å². The van der Waals surface area contributed by atoms with Crippen molar-refractivity contribution in [3.8, 4) is 5.75 Å². The molecule has 7 nitrogen and oxygen atoms in total. The van der Waals surface area contributed by atoms with E-state index in [2.05, 4.69) is 15.6 Å². The number of para-hydroxylation sites is 2. The Bertz CT molecular complexity index is 881. The van der Waals surface area contributed by atoms with Crippen LogP contribution in [0.25, 0.3) is 10.2 Å². The standard InChI is InChI=1S/C20H21N3O4S/c24-18(12-26-14-20-23-16-8-4-5-9-17(16)28-20)21-10-11-22-19(25)13-27-15-6-2-1-3-7-15/h1-9H,10-14H2,(H,21,24)(H,22,25). The highest BCUT2D eigenvalue weighted by atomic mass is 32.1. The van der Waals surface area contributed by atoms with E-state index in [0.29, 0.717) is 25.4 Å². The van der Waals surface area contributed by atoms with Crippen molar-refractivity contribution in [1.29, 1.82) is 0 Å². The van der Waals surface area contributed by atoms with Crippen LogP contribution in [-0.4, -0.2) is 43.1 Å². The van der Waals surface area contributed by atoms with E-state index >= 15 is 0 Å². The van der Waals surface area contributed by atoms with E-state index in [4.69, 9.17) is 9.47 Å². The summed E-state index contributed by atoms with van der Waals surface area (Å²) in [6.45, 7) is 0.811. The molecule has 0 fully saturated rings. The Hall–Kier alpha value is -2.97. The molecule has 0 bridgehead atoms. The maximum atomic E-state index is 11.8. The summed E-state index contributed by atoms with van der Waals surface area (Å²) in [7, 11) is 0. The molecule has 3 rings (SSSR count). The van der Waals surface area contributed by atoms with Crippen LogP contribution in [0.2, 0.25) is 0 Å². The van der Waals surface area contributed by atoms with Crippen LogP contribution in [-0.2, 0) is 20.9 Å². The number of aromatic nitrogens is 1. The topological polar surface area (TPSA) is 89.5 Å². The van der Waals surface area contributed by atoms with E-state index < -0.39 is 0 Å². The lowest BCUT2D eigenvalue weighted by Crippen LogP contribution is -2.37. The van der Waals surface area contributed by atoms with Crippen LogP contribution in [0, 0.1) is 0 Å². The van der Waals surface area contributed by atoms with Crippen molar-refractivity contribution >= 4 is 33.4 Å². The van der Waals surface area contributed by atoms with Gasteiger partial charge in [0.2, 0.25) is 5.91 Å². The number of fused-ring (bicyclic) bond motifs is 1. The first kappa shape index (κ1) is 19.8. The van der Waals surface area contributed by atoms with E-state index in [1.807, 2.05) is 42.5 Å². The SMILES string of the molecule is O=C(COCc1nc2ccccc2s1)NCCNC(=O)COc1ccccc1. The fourth-order valence-electron chi connectivity index (χ4n) is 2.38. The molecule has 0 spiro atoms. The second kappa shape index (κ2) is 10.4. The summed E-state index contributed by atoms with van der Waals surface area (Å²) in [5, 5.41) is 6.20. The van der Waals surface area contributed by atoms with E-state index in [1.165, 1.54) is 0 Å². The number of nitrogens with one attached hydrogen (secondary N) is 2. The molecule has 0 saturated carbocycles. The third-order valence-corrected chi connectivity index (χ3v) is 4.69. The molecule has 0 radical (unpaired) electrons. The summed E-state index contributed by atoms with van der Waals surface area (Å²) in [5.74, 6) is 0.150. The largest absolute Gasteiger partial charge is 0.484 e. The number of amides is 2. The number of thiazole rings is 1. The van der Waals surface area contributed by atoms with E-state index in [9.17, 15) is 9.59 Å². The van der Waals surface area contributed by atoms with Crippen molar-refractivity contribution in [2.75, 3.05) is 26.3 Å². The fourth-order valence-corrected chi connectivity index (χ4v) is 3.29. The fraction of sp³-hybridized carbons (Fsp3) is 0.250. The number of carbonyl (C=O) groups excluding carboxylic acids is 2. The van der Waals surface area contributed by atoms with E-state index in [-0.39, 0.29) is 25.0 Å². The van der Waals surface area contributed by atoms with Crippen molar-refractivity contribution in [2.45, 2.75) is 6.61 Å². The molecule has 0 unspecified atom stereocenters. The van der Waals surface area contributed by atoms with Gasteiger partial charge < -0.3 is 20.1 Å². The van der Waals surface area contributed by atoms with Gasteiger partial charge in [-0.05, 0) is 24.3 Å². The molecule has 28 heavy (non-hydrogen) atoms. The summed E-state index contributed by atoms with van der Waals surface area (Å²) in [4.78, 5) is 27.9. The zero-order valence-corrected chi connectivity index (χ0v) is 16.0. The highest BCUT2D eigenvalue weighted by Gasteiger charge is 2.06. The van der Waals surface area contributed by atoms with Crippen molar-refractivity contribution < 1.29 is 19.1 Å². The maximum absolute atomic E-state index is 11.8. The lowest BCUT2D eigenvalue weighted by Gasteiger charge is -2.08. The molecule has 146 valence electrons. The number of nitrogens with zero attached hydrogens (tertiary/aromatic N) is 1. The summed E-state index contributed by atoms with van der Waals surface area (Å²) in [6.07, 6.45) is 0. The van der Waals surface area contributed by atoms with Crippen LogP contribution < -0.4 is 15.4 Å². The van der Waals surface area contributed by atoms with Gasteiger partial charge in [0.05, 0.1) is 16.8 Å². The van der Waals surface area contributed by atoms with Crippen molar-refractivity contribution in [2.24, 2.45) is 0 Å². The lowest BCUT2D eigenvalue weighted by molar-refractivity contribution is -0.126. The first-order valence-corrected chi connectivity index (χ1v) is 9.66. The van der Waals surface area contributed by atoms with Crippen LogP contribution >= 0.6 is 11.3 Å². The molecule has 0 atom stereocenters. The number of benzene rings is 2. The molecule has 0 aliphatic carbocycles. The normalized spacial score (nSPS) is 10.6. The van der Waals surface area contributed by atoms with Crippen LogP contribution in [0.15, 0.2) is 54.6 Å². The third-order valence-electron chi connectivity index (χ3n) is 3.68. The van der Waals surface area contributed by atoms with Gasteiger partial charge in [-0.15, -0.1) is 11.3 Å². The van der Waals surface area contributed by atoms with E-state index in [0.717, 1.165) is 15.2 Å². The summed E-state index contributed by atoms with van der Waals surface area (Å²) < 4.78 is 11.8. The number of ether oxygens (including phenoxy) is 2. The van der Waals surface area contributed by atoms with Gasteiger partial charge in [0.1, 0.15) is 17.4 Å². The smallest absolute Gasteiger partial charge is 0.258 e. The van der Waals surface area contributed by atoms with Crippen molar-refractivity contribution in [3.05, 3.63) is 59.6 Å². The van der Waals surface area contributed by atoms with Gasteiger partial charge >= 0.3 is 0 Å². The second-order valence-corrected chi connectivity index (χ2v) is 6.98. The highest BCUT2D eigenvalue weighted by Crippen LogP contribution is 2.21. The predicted octanol–water partition coefficient (Wildman–Crippen LogP) is 2.12. The quantitative estimate of drug-likeness (QED) is 0.510. The zero-order chi connectivity index (χ0) is 19.6. The Morgan fingerprint density at radius 1 is 0.893 bits per heavy atom. The van der Waals surface area contributed by atoms with Crippen LogP contribution in [0.3, 0.4) is 0 Å². The summed E-state index contributed by atoms with van der Waals surface area (Å²) in [5.41, 5.74) is 0.933. The van der Waals surface area contributed by atoms with Crippen LogP contribution in [0.5, 0.6) is 5.75 Å². The molecule has 2 N–H and O–H groups in total. The zero-order valence-electron chi connectivity index (χ0n) is 15.2. The molecule has 2 aromatic carbocycles. The van der Waals surface area contributed by atoms with Crippen molar-refractivity contribution in [1.82, 2.24) is 15.6 Å². The Labute approximate surface area is 166 Å². The Morgan fingerprint density at radius 2 is 1.57 bits per heavy atom. The predicted molar refractivity (Wildman–Crippen MR) is 107 cm³/mol. The second-order valence-electron chi connectivity index (χ2n) is 5.87. The van der Waals surface area contributed by atoms with Gasteiger partial charge in [0.15, 0.2) is 6.61 Å². The average Bonchev–Trinajstić information content (AvgIpc) is 3.13. The first-order chi connectivity index (χ1) is 13.7. The molecule has 3 aromatic rings. The highest BCUT2D eigenvalue weighted by molar-refractivity contribution is 7.18. The number of rotatable bonds is 10. The maximum Gasteiger partial charge on any atom is 0.258 e. The minimum Gasteiger partial charge on any atom is -0.484 e. The van der Waals surface area contributed by atoms with Gasteiger partial charge in [-0.3, -0.25) is 9.59 Å². The van der Waals surface area contributed by atoms with Gasteiger partial charge in [-0.1, -0.05) is 30.3 Å². The summed E-state index contributed by atoms with van der Waals surface area (Å²) in [6, 6.07) is 17.0. The third kappa shape index (κ3) is 6.33. The van der Waals surface area contributed by atoms with Gasteiger partial charge in [-0.25, -0.2) is 4.98 Å². The monoisotopic (exact) mass is 399 g/mol. The molecule has 1 aromatic heterocycles. The van der Waals surface area contributed by atoms with Gasteiger partial charge in [0, 0.05) is 13.1 Å². The molecule has 1 heterocycles. The molecular formula is C20H21N3O4S. The minimum absolute atomic E-state index is 0.0546. The van der Waals surface area contributed by atoms with Crippen LogP contribution in [0.4, 0.5) is 0 Å². The summed E-state index contributed by atoms with van der Waals surface area (Å²) >= 11 is 1.55. The first-order valence-electron chi connectivity index (χ1n) is 8.84. The van der Waals surface area contributed by atoms with Crippen LogP contribution in [0.1, 0.15) is 5.01 Å². The minimum atomic E-state index is -0.245. The Kier molecular flexibility index (Phi) is 7.34. The molecule has 2 amide bonds. The number of hydrogen-bond acceptors (Lipinski definition) is 6. The molecule has 0 saturated heterocycles. The molecule has 0 aliphatic heterocycles. The Balaban J connectivity index is 1.24. The van der Waals surface area contributed by atoms with Gasteiger partial charge in [-0.2, -0.15) is 0 Å². The van der Waals surface area contributed by atoms with Crippen molar-refractivity contribution in [3.63, 3.8) is 0 Å². The molecule has 0 aliphatic rings. The number of hydrogen-bond donors (Lipinski definition) is 2. The number of carbonyl (C=O) groups is 2. The molecule has 8 heteroatoms.